The minimum atomic E-state index is -1.06. The highest BCUT2D eigenvalue weighted by molar-refractivity contribution is 6.31. The smallest absolute Gasteiger partial charge is 0.214 e. The van der Waals surface area contributed by atoms with Crippen molar-refractivity contribution in [2.45, 2.75) is 13.0 Å². The fraction of sp³-hybridized carbons (Fsp3) is 0.214. The second-order valence-corrected chi connectivity index (χ2v) is 4.35. The number of aliphatic hydroxyl groups excluding tert-OH is 1. The predicted octanol–water partition coefficient (Wildman–Crippen LogP) is 3.96. The van der Waals surface area contributed by atoms with Crippen LogP contribution in [0.1, 0.15) is 18.6 Å². The van der Waals surface area contributed by atoms with Crippen LogP contribution in [0.3, 0.4) is 0 Å². The fourth-order valence-corrected chi connectivity index (χ4v) is 2.06. The molecule has 0 aliphatic carbocycles. The van der Waals surface area contributed by atoms with Gasteiger partial charge in [-0.25, -0.2) is 0 Å². The topological polar surface area (TPSA) is 53.3 Å². The van der Waals surface area contributed by atoms with Gasteiger partial charge >= 0.3 is 0 Å². The number of rotatable bonds is 3. The van der Waals surface area contributed by atoms with E-state index in [1.165, 1.54) is 0 Å². The molecule has 0 aliphatic rings. The SMILES string of the molecule is CCOC(=N)C(O)c1cccc2ccc(Cl)cc12.Cl. The fourth-order valence-electron chi connectivity index (χ4n) is 1.88. The highest BCUT2D eigenvalue weighted by atomic mass is 35.5. The van der Waals surface area contributed by atoms with E-state index >= 15 is 0 Å². The van der Waals surface area contributed by atoms with Crippen molar-refractivity contribution in [1.29, 1.82) is 5.41 Å². The number of ether oxygens (including phenoxy) is 1. The van der Waals surface area contributed by atoms with Crippen LogP contribution in [-0.2, 0) is 4.74 Å². The number of hydrogen-bond acceptors (Lipinski definition) is 3. The molecular weight excluding hydrogens is 285 g/mol. The molecule has 0 aliphatic heterocycles. The van der Waals surface area contributed by atoms with E-state index in [1.807, 2.05) is 18.2 Å². The molecule has 2 N–H and O–H groups in total. The first-order chi connectivity index (χ1) is 8.63. The summed E-state index contributed by atoms with van der Waals surface area (Å²) in [4.78, 5) is 0. The molecule has 0 radical (unpaired) electrons. The van der Waals surface area contributed by atoms with Crippen LogP contribution in [0.4, 0.5) is 0 Å². The molecule has 2 rings (SSSR count). The summed E-state index contributed by atoms with van der Waals surface area (Å²) in [5, 5.41) is 20.2. The summed E-state index contributed by atoms with van der Waals surface area (Å²) in [6.07, 6.45) is -1.06. The number of benzene rings is 2. The Morgan fingerprint density at radius 1 is 1.37 bits per heavy atom. The third kappa shape index (κ3) is 3.38. The van der Waals surface area contributed by atoms with Gasteiger partial charge in [0.1, 0.15) is 0 Å². The maximum absolute atomic E-state index is 10.1. The molecule has 0 bridgehead atoms. The van der Waals surface area contributed by atoms with Gasteiger partial charge in [-0.2, -0.15) is 0 Å². The van der Waals surface area contributed by atoms with Crippen molar-refractivity contribution >= 4 is 40.7 Å². The van der Waals surface area contributed by atoms with Crippen LogP contribution in [0.25, 0.3) is 10.8 Å². The van der Waals surface area contributed by atoms with Gasteiger partial charge in [0.2, 0.25) is 5.90 Å². The highest BCUT2D eigenvalue weighted by Crippen LogP contribution is 2.27. The number of fused-ring (bicyclic) bond motifs is 1. The zero-order valence-corrected chi connectivity index (χ0v) is 12.0. The molecule has 3 nitrogen and oxygen atoms in total. The van der Waals surface area contributed by atoms with E-state index in [0.29, 0.717) is 17.2 Å². The molecule has 102 valence electrons. The molecule has 5 heteroatoms. The lowest BCUT2D eigenvalue weighted by Crippen LogP contribution is -2.14. The van der Waals surface area contributed by atoms with Crippen molar-refractivity contribution in [2.75, 3.05) is 6.61 Å². The Balaban J connectivity index is 0.00000180. The third-order valence-corrected chi connectivity index (χ3v) is 2.96. The summed E-state index contributed by atoms with van der Waals surface area (Å²) in [6, 6.07) is 11.0. The lowest BCUT2D eigenvalue weighted by Gasteiger charge is -2.15. The Morgan fingerprint density at radius 2 is 2.11 bits per heavy atom. The van der Waals surface area contributed by atoms with Crippen LogP contribution >= 0.6 is 24.0 Å². The van der Waals surface area contributed by atoms with Gasteiger partial charge in [-0.1, -0.05) is 35.9 Å². The second kappa shape index (κ2) is 6.75. The molecule has 0 heterocycles. The predicted molar refractivity (Wildman–Crippen MR) is 80.5 cm³/mol. The third-order valence-electron chi connectivity index (χ3n) is 2.72. The Bertz CT molecular complexity index is 587. The minimum absolute atomic E-state index is 0. The van der Waals surface area contributed by atoms with Crippen molar-refractivity contribution in [3.8, 4) is 0 Å². The molecule has 0 aromatic heterocycles. The van der Waals surface area contributed by atoms with E-state index < -0.39 is 6.10 Å². The molecule has 2 aromatic carbocycles. The van der Waals surface area contributed by atoms with Crippen molar-refractivity contribution in [1.82, 2.24) is 0 Å². The summed E-state index contributed by atoms with van der Waals surface area (Å²) in [5.74, 6) is -0.148. The molecule has 0 saturated heterocycles. The van der Waals surface area contributed by atoms with E-state index in [-0.39, 0.29) is 18.3 Å². The van der Waals surface area contributed by atoms with Crippen LogP contribution in [0, 0.1) is 5.41 Å². The molecule has 2 aromatic rings. The van der Waals surface area contributed by atoms with Gasteiger partial charge in [0.05, 0.1) is 6.61 Å². The summed E-state index contributed by atoms with van der Waals surface area (Å²) < 4.78 is 5.04. The number of hydrogen-bond donors (Lipinski definition) is 2. The lowest BCUT2D eigenvalue weighted by molar-refractivity contribution is 0.191. The maximum atomic E-state index is 10.1. The first kappa shape index (κ1) is 15.8. The molecule has 0 fully saturated rings. The molecule has 0 amide bonds. The molecule has 0 spiro atoms. The zero-order valence-electron chi connectivity index (χ0n) is 10.4. The standard InChI is InChI=1S/C14H14ClNO2.ClH/c1-2-18-14(16)13(17)11-5-3-4-9-6-7-10(15)8-12(9)11;/h3-8,13,16-17H,2H2,1H3;1H. The van der Waals surface area contributed by atoms with Crippen molar-refractivity contribution in [2.24, 2.45) is 0 Å². The average Bonchev–Trinajstić information content (AvgIpc) is 2.37. The summed E-state index contributed by atoms with van der Waals surface area (Å²) in [6.45, 7) is 2.14. The van der Waals surface area contributed by atoms with Crippen LogP contribution < -0.4 is 0 Å². The number of nitrogens with one attached hydrogen (secondary N) is 1. The van der Waals surface area contributed by atoms with Gasteiger partial charge in [-0.15, -0.1) is 12.4 Å². The Labute approximate surface area is 123 Å². The summed E-state index contributed by atoms with van der Waals surface area (Å²) >= 11 is 5.97. The number of halogens is 2. The van der Waals surface area contributed by atoms with Gasteiger partial charge in [-0.3, -0.25) is 5.41 Å². The molecule has 19 heavy (non-hydrogen) atoms. The van der Waals surface area contributed by atoms with E-state index in [0.717, 1.165) is 10.8 Å². The van der Waals surface area contributed by atoms with Gasteiger partial charge in [0, 0.05) is 5.02 Å². The monoisotopic (exact) mass is 299 g/mol. The van der Waals surface area contributed by atoms with Crippen molar-refractivity contribution in [3.63, 3.8) is 0 Å². The molecule has 1 unspecified atom stereocenters. The lowest BCUT2D eigenvalue weighted by atomic mass is 10.0. The summed E-state index contributed by atoms with van der Waals surface area (Å²) in [7, 11) is 0. The van der Waals surface area contributed by atoms with E-state index in [4.69, 9.17) is 21.7 Å². The second-order valence-electron chi connectivity index (χ2n) is 3.91. The molecule has 1 atom stereocenters. The first-order valence-corrected chi connectivity index (χ1v) is 6.08. The van der Waals surface area contributed by atoms with Gasteiger partial charge < -0.3 is 9.84 Å². The van der Waals surface area contributed by atoms with Crippen LogP contribution in [0.2, 0.25) is 5.02 Å². The quantitative estimate of drug-likeness (QED) is 0.666. The normalized spacial score (nSPS) is 11.7. The van der Waals surface area contributed by atoms with Crippen LogP contribution in [0.15, 0.2) is 36.4 Å². The molecule has 0 saturated carbocycles. The Kier molecular flexibility index (Phi) is 5.60. The Hall–Kier alpha value is -1.29. The van der Waals surface area contributed by atoms with Crippen molar-refractivity contribution in [3.05, 3.63) is 47.0 Å². The highest BCUT2D eigenvalue weighted by Gasteiger charge is 2.17. The van der Waals surface area contributed by atoms with E-state index in [9.17, 15) is 5.11 Å². The number of aliphatic hydroxyl groups is 1. The van der Waals surface area contributed by atoms with Crippen molar-refractivity contribution < 1.29 is 9.84 Å². The van der Waals surface area contributed by atoms with Gasteiger partial charge in [0.15, 0.2) is 6.10 Å². The maximum Gasteiger partial charge on any atom is 0.214 e. The Morgan fingerprint density at radius 3 is 2.79 bits per heavy atom. The van der Waals surface area contributed by atoms with Gasteiger partial charge in [0.25, 0.3) is 0 Å². The van der Waals surface area contributed by atoms with E-state index in [2.05, 4.69) is 0 Å². The van der Waals surface area contributed by atoms with Crippen LogP contribution in [-0.4, -0.2) is 17.6 Å². The van der Waals surface area contributed by atoms with E-state index in [1.54, 1.807) is 25.1 Å². The summed E-state index contributed by atoms with van der Waals surface area (Å²) in [5.41, 5.74) is 0.633. The first-order valence-electron chi connectivity index (χ1n) is 5.71. The zero-order chi connectivity index (χ0) is 13.1. The minimum Gasteiger partial charge on any atom is -0.479 e. The average molecular weight is 300 g/mol. The van der Waals surface area contributed by atoms with Gasteiger partial charge in [-0.05, 0) is 35.4 Å². The van der Waals surface area contributed by atoms with Crippen LogP contribution in [0.5, 0.6) is 0 Å². The largest absolute Gasteiger partial charge is 0.479 e. The molecular formula is C14H15Cl2NO2.